The molecule has 106 valence electrons. The van der Waals surface area contributed by atoms with Crippen molar-refractivity contribution < 1.29 is 4.79 Å². The first-order valence-corrected chi connectivity index (χ1v) is 7.89. The fourth-order valence-electron chi connectivity index (χ4n) is 2.56. The lowest BCUT2D eigenvalue weighted by atomic mass is 9.95. The maximum Gasteiger partial charge on any atom is 0.234 e. The average Bonchev–Trinajstić information content (AvgIpc) is 2.80. The second kappa shape index (κ2) is 6.06. The smallest absolute Gasteiger partial charge is 0.234 e. The Balaban J connectivity index is 1.76. The zero-order chi connectivity index (χ0) is 13.9. The monoisotopic (exact) mass is 280 g/mol. The van der Waals surface area contributed by atoms with Gasteiger partial charge in [-0.2, -0.15) is 0 Å². The summed E-state index contributed by atoms with van der Waals surface area (Å²) in [6.07, 6.45) is 2.34. The SMILES string of the molecule is CC(C)(C)NC(=O)CN1CCC(c2cccs2)CC1. The Morgan fingerprint density at radius 2 is 2.11 bits per heavy atom. The van der Waals surface area contributed by atoms with E-state index in [4.69, 9.17) is 0 Å². The Labute approximate surface area is 120 Å². The van der Waals surface area contributed by atoms with Crippen molar-refractivity contribution >= 4 is 17.2 Å². The van der Waals surface area contributed by atoms with E-state index in [1.807, 2.05) is 32.1 Å². The predicted molar refractivity (Wildman–Crippen MR) is 80.6 cm³/mol. The molecule has 1 aromatic rings. The molecule has 4 heteroatoms. The van der Waals surface area contributed by atoms with Crippen LogP contribution in [0.25, 0.3) is 0 Å². The predicted octanol–water partition coefficient (Wildman–Crippen LogP) is 2.84. The van der Waals surface area contributed by atoms with Crippen molar-refractivity contribution in [1.82, 2.24) is 10.2 Å². The molecule has 0 spiro atoms. The van der Waals surface area contributed by atoms with E-state index in [1.165, 1.54) is 17.7 Å². The minimum absolute atomic E-state index is 0.133. The van der Waals surface area contributed by atoms with Crippen molar-refractivity contribution in [3.05, 3.63) is 22.4 Å². The summed E-state index contributed by atoms with van der Waals surface area (Å²) >= 11 is 1.85. The maximum absolute atomic E-state index is 11.9. The number of amides is 1. The zero-order valence-corrected chi connectivity index (χ0v) is 12.9. The van der Waals surface area contributed by atoms with Crippen molar-refractivity contribution in [3.8, 4) is 0 Å². The minimum atomic E-state index is -0.133. The number of carbonyl (C=O) groups excluding carboxylic acids is 1. The van der Waals surface area contributed by atoms with Gasteiger partial charge >= 0.3 is 0 Å². The molecular weight excluding hydrogens is 256 g/mol. The van der Waals surface area contributed by atoms with Crippen LogP contribution in [-0.4, -0.2) is 36.0 Å². The summed E-state index contributed by atoms with van der Waals surface area (Å²) in [5.41, 5.74) is -0.133. The molecule has 1 amide bonds. The molecule has 1 aliphatic heterocycles. The van der Waals surface area contributed by atoms with Crippen LogP contribution in [0, 0.1) is 0 Å². The molecule has 19 heavy (non-hydrogen) atoms. The fraction of sp³-hybridized carbons (Fsp3) is 0.667. The molecule has 0 saturated carbocycles. The summed E-state index contributed by atoms with van der Waals surface area (Å²) in [4.78, 5) is 15.7. The third-order valence-electron chi connectivity index (χ3n) is 3.41. The lowest BCUT2D eigenvalue weighted by molar-refractivity contribution is -0.123. The molecule has 3 nitrogen and oxygen atoms in total. The van der Waals surface area contributed by atoms with Crippen LogP contribution in [-0.2, 0) is 4.79 Å². The van der Waals surface area contributed by atoms with Gasteiger partial charge in [-0.25, -0.2) is 0 Å². The standard InChI is InChI=1S/C15H24N2OS/c1-15(2,3)16-14(18)11-17-8-6-12(7-9-17)13-5-4-10-19-13/h4-5,10,12H,6-9,11H2,1-3H3,(H,16,18). The van der Waals surface area contributed by atoms with Crippen molar-refractivity contribution in [1.29, 1.82) is 0 Å². The van der Waals surface area contributed by atoms with Gasteiger partial charge in [0.2, 0.25) is 5.91 Å². The number of nitrogens with one attached hydrogen (secondary N) is 1. The van der Waals surface area contributed by atoms with Gasteiger partial charge in [-0.3, -0.25) is 9.69 Å². The molecule has 2 heterocycles. The van der Waals surface area contributed by atoms with Crippen molar-refractivity contribution in [3.63, 3.8) is 0 Å². The van der Waals surface area contributed by atoms with Gasteiger partial charge in [-0.1, -0.05) is 6.07 Å². The molecule has 0 atom stereocenters. The molecule has 1 aromatic heterocycles. The first-order valence-electron chi connectivity index (χ1n) is 7.01. The van der Waals surface area contributed by atoms with E-state index in [1.54, 1.807) is 0 Å². The fourth-order valence-corrected chi connectivity index (χ4v) is 3.46. The second-order valence-electron chi connectivity index (χ2n) is 6.36. The Kier molecular flexibility index (Phi) is 4.63. The van der Waals surface area contributed by atoms with Crippen LogP contribution < -0.4 is 5.32 Å². The second-order valence-corrected chi connectivity index (χ2v) is 7.34. The molecule has 0 radical (unpaired) electrons. The Morgan fingerprint density at radius 1 is 1.42 bits per heavy atom. The van der Waals surface area contributed by atoms with Crippen molar-refractivity contribution in [2.75, 3.05) is 19.6 Å². The van der Waals surface area contributed by atoms with E-state index in [2.05, 4.69) is 27.7 Å². The van der Waals surface area contributed by atoms with Crippen LogP contribution in [0.3, 0.4) is 0 Å². The third-order valence-corrected chi connectivity index (χ3v) is 4.45. The third kappa shape index (κ3) is 4.62. The summed E-state index contributed by atoms with van der Waals surface area (Å²) < 4.78 is 0. The molecule has 1 N–H and O–H groups in total. The maximum atomic E-state index is 11.9. The highest BCUT2D eigenvalue weighted by Gasteiger charge is 2.23. The van der Waals surface area contributed by atoms with E-state index >= 15 is 0 Å². The largest absolute Gasteiger partial charge is 0.350 e. The van der Waals surface area contributed by atoms with Gasteiger partial charge in [-0.15, -0.1) is 11.3 Å². The molecule has 2 rings (SSSR count). The van der Waals surface area contributed by atoms with E-state index in [-0.39, 0.29) is 11.4 Å². The highest BCUT2D eigenvalue weighted by atomic mass is 32.1. The van der Waals surface area contributed by atoms with Crippen LogP contribution in [0.1, 0.15) is 44.4 Å². The van der Waals surface area contributed by atoms with Gasteiger partial charge in [0.15, 0.2) is 0 Å². The van der Waals surface area contributed by atoms with Crippen molar-refractivity contribution in [2.24, 2.45) is 0 Å². The molecule has 0 aliphatic carbocycles. The molecule has 0 bridgehead atoms. The quantitative estimate of drug-likeness (QED) is 0.923. The lowest BCUT2D eigenvalue weighted by Gasteiger charge is -2.32. The number of thiophene rings is 1. The number of hydrogen-bond donors (Lipinski definition) is 1. The van der Waals surface area contributed by atoms with Crippen molar-refractivity contribution in [2.45, 2.75) is 45.1 Å². The van der Waals surface area contributed by atoms with Gasteiger partial charge in [0.05, 0.1) is 6.54 Å². The molecule has 1 aliphatic rings. The Bertz CT molecular complexity index is 400. The Hall–Kier alpha value is -0.870. The molecule has 0 aromatic carbocycles. The highest BCUT2D eigenvalue weighted by molar-refractivity contribution is 7.10. The van der Waals surface area contributed by atoms with Gasteiger partial charge in [0, 0.05) is 10.4 Å². The average molecular weight is 280 g/mol. The normalized spacial score (nSPS) is 18.5. The molecular formula is C15H24N2OS. The highest BCUT2D eigenvalue weighted by Crippen LogP contribution is 2.30. The Morgan fingerprint density at radius 3 is 2.63 bits per heavy atom. The number of hydrogen-bond acceptors (Lipinski definition) is 3. The molecule has 0 unspecified atom stereocenters. The number of piperidine rings is 1. The molecule has 1 saturated heterocycles. The van der Waals surface area contributed by atoms with E-state index in [0.29, 0.717) is 12.5 Å². The zero-order valence-electron chi connectivity index (χ0n) is 12.1. The summed E-state index contributed by atoms with van der Waals surface area (Å²) in [7, 11) is 0. The van der Waals surface area contributed by atoms with Crippen LogP contribution in [0.2, 0.25) is 0 Å². The van der Waals surface area contributed by atoms with Gasteiger partial charge < -0.3 is 5.32 Å². The number of rotatable bonds is 3. The van der Waals surface area contributed by atoms with E-state index in [0.717, 1.165) is 13.1 Å². The van der Waals surface area contributed by atoms with Crippen LogP contribution >= 0.6 is 11.3 Å². The summed E-state index contributed by atoms with van der Waals surface area (Å²) in [5, 5.41) is 5.18. The lowest BCUT2D eigenvalue weighted by Crippen LogP contribution is -2.47. The van der Waals surface area contributed by atoms with Crippen LogP contribution in [0.4, 0.5) is 0 Å². The van der Waals surface area contributed by atoms with E-state index in [9.17, 15) is 4.79 Å². The van der Waals surface area contributed by atoms with Gasteiger partial charge in [0.1, 0.15) is 0 Å². The van der Waals surface area contributed by atoms with Gasteiger partial charge in [-0.05, 0) is 64.1 Å². The number of nitrogens with zero attached hydrogens (tertiary/aromatic N) is 1. The first kappa shape index (κ1) is 14.5. The van der Waals surface area contributed by atoms with Crippen LogP contribution in [0.15, 0.2) is 17.5 Å². The summed E-state index contributed by atoms with van der Waals surface area (Å²) in [6.45, 7) is 8.66. The minimum Gasteiger partial charge on any atom is -0.350 e. The summed E-state index contributed by atoms with van der Waals surface area (Å²) in [5.74, 6) is 0.837. The summed E-state index contributed by atoms with van der Waals surface area (Å²) in [6, 6.07) is 4.36. The first-order chi connectivity index (χ1) is 8.94. The number of likely N-dealkylation sites (tertiary alicyclic amines) is 1. The van der Waals surface area contributed by atoms with Crippen LogP contribution in [0.5, 0.6) is 0 Å². The number of carbonyl (C=O) groups is 1. The molecule has 1 fully saturated rings. The van der Waals surface area contributed by atoms with E-state index < -0.39 is 0 Å². The van der Waals surface area contributed by atoms with Gasteiger partial charge in [0.25, 0.3) is 0 Å². The topological polar surface area (TPSA) is 32.3 Å².